The van der Waals surface area contributed by atoms with E-state index in [0.717, 1.165) is 23.1 Å². The van der Waals surface area contributed by atoms with Crippen LogP contribution in [-0.4, -0.2) is 45.2 Å². The van der Waals surface area contributed by atoms with Crippen molar-refractivity contribution < 1.29 is 4.79 Å². The van der Waals surface area contributed by atoms with Crippen molar-refractivity contribution in [3.63, 3.8) is 0 Å². The molecule has 1 saturated heterocycles. The zero-order valence-electron chi connectivity index (χ0n) is 11.4. The number of hydrogen-bond donors (Lipinski definition) is 1. The second kappa shape index (κ2) is 6.36. The molecule has 0 radical (unpaired) electrons. The lowest BCUT2D eigenvalue weighted by atomic mass is 10.1. The minimum Gasteiger partial charge on any atom is -0.331 e. The van der Waals surface area contributed by atoms with Gasteiger partial charge in [0.05, 0.1) is 16.7 Å². The molecule has 1 fully saturated rings. The van der Waals surface area contributed by atoms with Crippen molar-refractivity contribution in [1.29, 1.82) is 0 Å². The van der Waals surface area contributed by atoms with Gasteiger partial charge >= 0.3 is 0 Å². The molecular weight excluding hydrogens is 334 g/mol. The van der Waals surface area contributed by atoms with Crippen LogP contribution in [0.25, 0.3) is 0 Å². The molecule has 6 nitrogen and oxygen atoms in total. The number of carbonyl (C=O) groups excluding carboxylic acids is 1. The van der Waals surface area contributed by atoms with E-state index in [1.807, 2.05) is 23.2 Å². The molecular formula is C14H16BrN5O. The summed E-state index contributed by atoms with van der Waals surface area (Å²) in [5, 5.41) is 7.48. The van der Waals surface area contributed by atoms with Crippen LogP contribution in [0, 0.1) is 0 Å². The zero-order valence-corrected chi connectivity index (χ0v) is 13.0. The summed E-state index contributed by atoms with van der Waals surface area (Å²) in [6, 6.07) is 3.94. The third-order valence-electron chi connectivity index (χ3n) is 3.53. The van der Waals surface area contributed by atoms with Crippen LogP contribution in [0.5, 0.6) is 0 Å². The normalized spacial score (nSPS) is 18.7. The molecule has 0 bridgehead atoms. The summed E-state index contributed by atoms with van der Waals surface area (Å²) < 4.78 is 2.52. The third-order valence-corrected chi connectivity index (χ3v) is 3.94. The summed E-state index contributed by atoms with van der Waals surface area (Å²) in [4.78, 5) is 18.6. The van der Waals surface area contributed by atoms with Gasteiger partial charge in [-0.15, -0.1) is 0 Å². The van der Waals surface area contributed by atoms with Crippen molar-refractivity contribution in [1.82, 2.24) is 25.0 Å². The number of amides is 1. The fourth-order valence-corrected chi connectivity index (χ4v) is 2.86. The number of pyridine rings is 1. The Labute approximate surface area is 131 Å². The maximum absolute atomic E-state index is 12.6. The molecule has 1 atom stereocenters. The molecule has 1 unspecified atom stereocenters. The van der Waals surface area contributed by atoms with Gasteiger partial charge in [0.25, 0.3) is 0 Å². The quantitative estimate of drug-likeness (QED) is 0.904. The van der Waals surface area contributed by atoms with Gasteiger partial charge in [-0.3, -0.25) is 14.5 Å². The number of rotatable bonds is 3. The summed E-state index contributed by atoms with van der Waals surface area (Å²) >= 11 is 3.34. The van der Waals surface area contributed by atoms with Gasteiger partial charge in [0.15, 0.2) is 0 Å². The molecule has 3 heterocycles. The van der Waals surface area contributed by atoms with Crippen LogP contribution in [0.3, 0.4) is 0 Å². The van der Waals surface area contributed by atoms with Crippen molar-refractivity contribution in [3.05, 3.63) is 47.0 Å². The molecule has 1 aliphatic rings. The van der Waals surface area contributed by atoms with E-state index in [4.69, 9.17) is 0 Å². The SMILES string of the molecule is O=C(Cn1cc(Br)cn1)N1CCNCC1c1cccnc1. The Kier molecular flexibility index (Phi) is 4.31. The van der Waals surface area contributed by atoms with E-state index in [-0.39, 0.29) is 18.5 Å². The maximum atomic E-state index is 12.6. The van der Waals surface area contributed by atoms with Crippen molar-refractivity contribution in [3.8, 4) is 0 Å². The molecule has 2 aromatic rings. The lowest BCUT2D eigenvalue weighted by molar-refractivity contribution is -0.135. The Morgan fingerprint density at radius 2 is 2.38 bits per heavy atom. The van der Waals surface area contributed by atoms with E-state index in [0.29, 0.717) is 6.54 Å². The second-order valence-corrected chi connectivity index (χ2v) is 5.87. The highest BCUT2D eigenvalue weighted by Gasteiger charge is 2.28. The van der Waals surface area contributed by atoms with E-state index in [2.05, 4.69) is 31.3 Å². The molecule has 3 rings (SSSR count). The van der Waals surface area contributed by atoms with Gasteiger partial charge in [0.1, 0.15) is 6.54 Å². The van der Waals surface area contributed by atoms with E-state index < -0.39 is 0 Å². The molecule has 1 N–H and O–H groups in total. The Morgan fingerprint density at radius 3 is 3.10 bits per heavy atom. The van der Waals surface area contributed by atoms with Gasteiger partial charge in [0.2, 0.25) is 5.91 Å². The Hall–Kier alpha value is -1.73. The van der Waals surface area contributed by atoms with E-state index in [1.54, 1.807) is 23.3 Å². The smallest absolute Gasteiger partial charge is 0.244 e. The number of aromatic nitrogens is 3. The van der Waals surface area contributed by atoms with Crippen LogP contribution in [0.1, 0.15) is 11.6 Å². The van der Waals surface area contributed by atoms with E-state index in [1.165, 1.54) is 0 Å². The number of halogens is 1. The third kappa shape index (κ3) is 3.30. The van der Waals surface area contributed by atoms with Crippen molar-refractivity contribution in [2.24, 2.45) is 0 Å². The van der Waals surface area contributed by atoms with Gasteiger partial charge in [-0.2, -0.15) is 5.10 Å². The molecule has 21 heavy (non-hydrogen) atoms. The fraction of sp³-hybridized carbons (Fsp3) is 0.357. The van der Waals surface area contributed by atoms with Crippen molar-refractivity contribution in [2.45, 2.75) is 12.6 Å². The van der Waals surface area contributed by atoms with E-state index >= 15 is 0 Å². The molecule has 0 aliphatic carbocycles. The number of nitrogens with one attached hydrogen (secondary N) is 1. The highest BCUT2D eigenvalue weighted by molar-refractivity contribution is 9.10. The number of carbonyl (C=O) groups is 1. The van der Waals surface area contributed by atoms with Gasteiger partial charge in [0, 0.05) is 38.2 Å². The van der Waals surface area contributed by atoms with Crippen LogP contribution in [-0.2, 0) is 11.3 Å². The highest BCUT2D eigenvalue weighted by Crippen LogP contribution is 2.21. The number of hydrogen-bond acceptors (Lipinski definition) is 4. The first-order chi connectivity index (χ1) is 10.2. The Morgan fingerprint density at radius 1 is 1.48 bits per heavy atom. The summed E-state index contributed by atoms with van der Waals surface area (Å²) in [6.07, 6.45) is 7.05. The van der Waals surface area contributed by atoms with Crippen LogP contribution < -0.4 is 5.32 Å². The van der Waals surface area contributed by atoms with Gasteiger partial charge in [-0.05, 0) is 27.6 Å². The highest BCUT2D eigenvalue weighted by atomic mass is 79.9. The van der Waals surface area contributed by atoms with Crippen molar-refractivity contribution >= 4 is 21.8 Å². The van der Waals surface area contributed by atoms with E-state index in [9.17, 15) is 4.79 Å². The summed E-state index contributed by atoms with van der Waals surface area (Å²) in [5.74, 6) is 0.0703. The average molecular weight is 350 g/mol. The monoisotopic (exact) mass is 349 g/mol. The van der Waals surface area contributed by atoms with Crippen LogP contribution in [0.15, 0.2) is 41.4 Å². The molecule has 1 amide bonds. The standard InChI is InChI=1S/C14H16BrN5O/c15-12-7-18-19(9-12)10-14(21)20-5-4-17-8-13(20)11-2-1-3-16-6-11/h1-3,6-7,9,13,17H,4-5,8,10H2. The lowest BCUT2D eigenvalue weighted by Crippen LogP contribution is -2.49. The molecule has 2 aromatic heterocycles. The second-order valence-electron chi connectivity index (χ2n) is 4.95. The number of piperazine rings is 1. The predicted octanol–water partition coefficient (Wildman–Crippen LogP) is 1.21. The number of nitrogens with zero attached hydrogens (tertiary/aromatic N) is 4. The van der Waals surface area contributed by atoms with Crippen molar-refractivity contribution in [2.75, 3.05) is 19.6 Å². The Balaban J connectivity index is 1.76. The lowest BCUT2D eigenvalue weighted by Gasteiger charge is -2.36. The predicted molar refractivity (Wildman–Crippen MR) is 81.5 cm³/mol. The maximum Gasteiger partial charge on any atom is 0.244 e. The summed E-state index contributed by atoms with van der Waals surface area (Å²) in [5.41, 5.74) is 1.06. The zero-order chi connectivity index (χ0) is 14.7. The minimum atomic E-state index is 0.0268. The first-order valence-electron chi connectivity index (χ1n) is 6.82. The molecule has 7 heteroatoms. The summed E-state index contributed by atoms with van der Waals surface area (Å²) in [6.45, 7) is 2.51. The minimum absolute atomic E-state index is 0.0268. The topological polar surface area (TPSA) is 63.1 Å². The van der Waals surface area contributed by atoms with Gasteiger partial charge < -0.3 is 10.2 Å². The Bertz CT molecular complexity index is 615. The van der Waals surface area contributed by atoms with Crippen LogP contribution in [0.4, 0.5) is 0 Å². The molecule has 0 aromatic carbocycles. The first-order valence-corrected chi connectivity index (χ1v) is 7.61. The molecule has 0 saturated carbocycles. The summed E-state index contributed by atoms with van der Waals surface area (Å²) in [7, 11) is 0. The molecule has 1 aliphatic heterocycles. The van der Waals surface area contributed by atoms with Gasteiger partial charge in [-0.1, -0.05) is 6.07 Å². The van der Waals surface area contributed by atoms with Crippen LogP contribution in [0.2, 0.25) is 0 Å². The molecule has 0 spiro atoms. The first kappa shape index (κ1) is 14.2. The van der Waals surface area contributed by atoms with Gasteiger partial charge in [-0.25, -0.2) is 0 Å². The molecule has 110 valence electrons. The fourth-order valence-electron chi connectivity index (χ4n) is 2.53. The van der Waals surface area contributed by atoms with Crippen LogP contribution >= 0.6 is 15.9 Å². The largest absolute Gasteiger partial charge is 0.331 e. The average Bonchev–Trinajstić information content (AvgIpc) is 2.93.